The fraction of sp³-hybridized carbons (Fsp3) is 0.500. The Kier molecular flexibility index (Phi) is 6.39. The van der Waals surface area contributed by atoms with Crippen LogP contribution in [0.3, 0.4) is 0 Å². The molecule has 0 saturated carbocycles. The third-order valence-corrected chi connectivity index (χ3v) is 2.37. The molecule has 0 fully saturated rings. The van der Waals surface area contributed by atoms with Gasteiger partial charge in [0.15, 0.2) is 0 Å². The molecule has 0 heterocycles. The molecule has 0 aliphatic carbocycles. The quantitative estimate of drug-likeness (QED) is 0.692. The number of rotatable bonds is 4. The molecule has 0 N–H and O–H groups in total. The fourth-order valence-electron chi connectivity index (χ4n) is 1.24. The molecule has 2 heteroatoms. The predicted octanol–water partition coefficient (Wildman–Crippen LogP) is 3.56. The van der Waals surface area contributed by atoms with E-state index in [1.54, 1.807) is 0 Å². The molecule has 1 nitrogen and oxygen atoms in total. The van der Waals surface area contributed by atoms with E-state index in [1.165, 1.54) is 11.3 Å². The van der Waals surface area contributed by atoms with E-state index >= 15 is 0 Å². The van der Waals surface area contributed by atoms with Gasteiger partial charge in [-0.3, -0.25) is 0 Å². The van der Waals surface area contributed by atoms with Crippen LogP contribution >= 0.6 is 11.6 Å². The summed E-state index contributed by atoms with van der Waals surface area (Å²) >= 11 is 5.66. The van der Waals surface area contributed by atoms with Gasteiger partial charge < -0.3 is 4.90 Å². The largest absolute Gasteiger partial charge is 0.373 e. The Morgan fingerprint density at radius 1 is 1.21 bits per heavy atom. The van der Waals surface area contributed by atoms with Gasteiger partial charge in [-0.2, -0.15) is 0 Å². The zero-order chi connectivity index (χ0) is 9.68. The second kappa shape index (κ2) is 6.72. The molecular formula is C12H20ClN. The summed E-state index contributed by atoms with van der Waals surface area (Å²) in [6.07, 6.45) is 1.10. The molecule has 0 aliphatic rings. The lowest BCUT2D eigenvalue weighted by Crippen LogP contribution is -2.19. The Balaban J connectivity index is 0.00000169. The highest BCUT2D eigenvalue weighted by Crippen LogP contribution is 2.13. The molecule has 0 spiro atoms. The van der Waals surface area contributed by atoms with Crippen LogP contribution in [0.1, 0.15) is 19.9 Å². The molecule has 1 aromatic rings. The first kappa shape index (κ1) is 13.3. The van der Waals surface area contributed by atoms with Crippen LogP contribution < -0.4 is 4.90 Å². The maximum Gasteiger partial charge on any atom is 0.0399 e. The van der Waals surface area contributed by atoms with Crippen LogP contribution in [0, 0.1) is 0 Å². The summed E-state index contributed by atoms with van der Waals surface area (Å²) in [7, 11) is 2.06. The van der Waals surface area contributed by atoms with E-state index in [0.29, 0.717) is 5.88 Å². The van der Waals surface area contributed by atoms with Gasteiger partial charge in [-0.05, 0) is 24.1 Å². The van der Waals surface area contributed by atoms with Crippen molar-refractivity contribution in [3.05, 3.63) is 29.8 Å². The highest BCUT2D eigenvalue weighted by molar-refractivity contribution is 6.18. The number of benzene rings is 1. The second-order valence-electron chi connectivity index (χ2n) is 3.13. The van der Waals surface area contributed by atoms with Crippen molar-refractivity contribution < 1.29 is 0 Å². The maximum absolute atomic E-state index is 5.66. The van der Waals surface area contributed by atoms with Gasteiger partial charge in [-0.1, -0.05) is 26.5 Å². The molecule has 0 atom stereocenters. The summed E-state index contributed by atoms with van der Waals surface area (Å²) in [6.45, 7) is 3.06. The predicted molar refractivity (Wildman–Crippen MR) is 66.5 cm³/mol. The van der Waals surface area contributed by atoms with Crippen LogP contribution in [0.2, 0.25) is 0 Å². The molecule has 0 radical (unpaired) electrons. The molecule has 0 amide bonds. The topological polar surface area (TPSA) is 3.24 Å². The molecule has 0 aliphatic heterocycles. The number of nitrogens with zero attached hydrogens (tertiary/aromatic N) is 1. The van der Waals surface area contributed by atoms with E-state index in [2.05, 4.69) is 43.1 Å². The lowest BCUT2D eigenvalue weighted by molar-refractivity contribution is 0.971. The lowest BCUT2D eigenvalue weighted by Gasteiger charge is -2.17. The van der Waals surface area contributed by atoms with Crippen molar-refractivity contribution in [3.8, 4) is 0 Å². The van der Waals surface area contributed by atoms with Crippen molar-refractivity contribution in [3.63, 3.8) is 0 Å². The number of alkyl halides is 1. The van der Waals surface area contributed by atoms with Gasteiger partial charge >= 0.3 is 0 Å². The van der Waals surface area contributed by atoms with E-state index in [9.17, 15) is 0 Å². The molecule has 1 rings (SSSR count). The highest BCUT2D eigenvalue weighted by atomic mass is 35.5. The third kappa shape index (κ3) is 3.59. The first-order valence-corrected chi connectivity index (χ1v) is 5.17. The summed E-state index contributed by atoms with van der Waals surface area (Å²) in [4.78, 5) is 2.16. The van der Waals surface area contributed by atoms with Crippen LogP contribution in [-0.2, 0) is 6.42 Å². The minimum Gasteiger partial charge on any atom is -0.373 e. The van der Waals surface area contributed by atoms with Crippen molar-refractivity contribution in [2.45, 2.75) is 20.8 Å². The molecule has 1 aromatic carbocycles. The maximum atomic E-state index is 5.66. The zero-order valence-electron chi connectivity index (χ0n) is 8.26. The van der Waals surface area contributed by atoms with Gasteiger partial charge in [0.05, 0.1) is 0 Å². The Hall–Kier alpha value is -0.690. The first-order chi connectivity index (χ1) is 6.27. The molecule has 80 valence electrons. The van der Waals surface area contributed by atoms with E-state index in [-0.39, 0.29) is 7.43 Å². The lowest BCUT2D eigenvalue weighted by atomic mass is 10.1. The molecule has 0 bridgehead atoms. The summed E-state index contributed by atoms with van der Waals surface area (Å²) in [6, 6.07) is 8.62. The zero-order valence-corrected chi connectivity index (χ0v) is 9.01. The normalized spacial score (nSPS) is 9.36. The van der Waals surface area contributed by atoms with Crippen LogP contribution in [0.25, 0.3) is 0 Å². The van der Waals surface area contributed by atoms with Crippen molar-refractivity contribution >= 4 is 17.3 Å². The standard InChI is InChI=1S/C11H16ClN.CH4/c1-3-10-4-6-11(7-5-10)13(2)9-8-12;/h4-7H,3,8-9H2,1-2H3;1H4. The minimum atomic E-state index is 0. The third-order valence-electron chi connectivity index (χ3n) is 2.21. The van der Waals surface area contributed by atoms with Gasteiger partial charge in [0, 0.05) is 25.2 Å². The van der Waals surface area contributed by atoms with Gasteiger partial charge in [0.1, 0.15) is 0 Å². The van der Waals surface area contributed by atoms with Crippen molar-refractivity contribution in [1.82, 2.24) is 0 Å². The average Bonchev–Trinajstić information content (AvgIpc) is 2.18. The Labute approximate surface area is 92.7 Å². The molecule has 0 aromatic heterocycles. The van der Waals surface area contributed by atoms with E-state index in [0.717, 1.165) is 13.0 Å². The van der Waals surface area contributed by atoms with E-state index in [4.69, 9.17) is 11.6 Å². The smallest absolute Gasteiger partial charge is 0.0399 e. The summed E-state index contributed by atoms with van der Waals surface area (Å²) in [5.41, 5.74) is 2.61. The summed E-state index contributed by atoms with van der Waals surface area (Å²) < 4.78 is 0. The SMILES string of the molecule is C.CCc1ccc(N(C)CCCl)cc1. The summed E-state index contributed by atoms with van der Waals surface area (Å²) in [5, 5.41) is 0. The Morgan fingerprint density at radius 2 is 1.79 bits per heavy atom. The average molecular weight is 214 g/mol. The first-order valence-electron chi connectivity index (χ1n) is 4.64. The molecule has 0 saturated heterocycles. The fourth-order valence-corrected chi connectivity index (χ4v) is 1.50. The van der Waals surface area contributed by atoms with Crippen LogP contribution in [0.4, 0.5) is 5.69 Å². The molecule has 14 heavy (non-hydrogen) atoms. The van der Waals surface area contributed by atoms with Gasteiger partial charge in [0.2, 0.25) is 0 Å². The van der Waals surface area contributed by atoms with Crippen LogP contribution in [0.5, 0.6) is 0 Å². The highest BCUT2D eigenvalue weighted by Gasteiger charge is 1.98. The number of hydrogen-bond acceptors (Lipinski definition) is 1. The number of anilines is 1. The van der Waals surface area contributed by atoms with Crippen molar-refractivity contribution in [2.24, 2.45) is 0 Å². The second-order valence-corrected chi connectivity index (χ2v) is 3.51. The van der Waals surface area contributed by atoms with Gasteiger partial charge in [-0.25, -0.2) is 0 Å². The Bertz CT molecular complexity index is 243. The monoisotopic (exact) mass is 213 g/mol. The minimum absolute atomic E-state index is 0. The number of halogens is 1. The van der Waals surface area contributed by atoms with Crippen molar-refractivity contribution in [2.75, 3.05) is 24.4 Å². The van der Waals surface area contributed by atoms with Gasteiger partial charge in [-0.15, -0.1) is 11.6 Å². The van der Waals surface area contributed by atoms with E-state index < -0.39 is 0 Å². The van der Waals surface area contributed by atoms with Crippen LogP contribution in [-0.4, -0.2) is 19.5 Å². The van der Waals surface area contributed by atoms with Gasteiger partial charge in [0.25, 0.3) is 0 Å². The number of aryl methyl sites for hydroxylation is 1. The van der Waals surface area contributed by atoms with Crippen LogP contribution in [0.15, 0.2) is 24.3 Å². The Morgan fingerprint density at radius 3 is 2.21 bits per heavy atom. The molecular weight excluding hydrogens is 194 g/mol. The van der Waals surface area contributed by atoms with E-state index in [1.807, 2.05) is 0 Å². The van der Waals surface area contributed by atoms with Crippen molar-refractivity contribution in [1.29, 1.82) is 0 Å². The number of hydrogen-bond donors (Lipinski definition) is 0. The molecule has 0 unspecified atom stereocenters. The summed E-state index contributed by atoms with van der Waals surface area (Å²) in [5.74, 6) is 0.673.